The summed E-state index contributed by atoms with van der Waals surface area (Å²) in [5.41, 5.74) is 0.988. The van der Waals surface area contributed by atoms with Crippen LogP contribution in [0.3, 0.4) is 0 Å². The van der Waals surface area contributed by atoms with Crippen molar-refractivity contribution in [3.63, 3.8) is 0 Å². The molecule has 0 N–H and O–H groups in total. The SMILES string of the molecule is O=C(c1ccc(F)cc1)c1ccc(OCCOC2CCCCO2)cc1. The molecule has 25 heavy (non-hydrogen) atoms. The van der Waals surface area contributed by atoms with Gasteiger partial charge in [-0.05, 0) is 67.8 Å². The summed E-state index contributed by atoms with van der Waals surface area (Å²) in [6.07, 6.45) is 3.04. The number of halogens is 1. The van der Waals surface area contributed by atoms with Crippen molar-refractivity contribution in [3.8, 4) is 5.75 Å². The second-order valence-corrected chi connectivity index (χ2v) is 5.88. The van der Waals surface area contributed by atoms with Gasteiger partial charge in [-0.1, -0.05) is 0 Å². The van der Waals surface area contributed by atoms with Gasteiger partial charge in [-0.2, -0.15) is 0 Å². The molecule has 0 saturated carbocycles. The minimum absolute atomic E-state index is 0.118. The Morgan fingerprint density at radius 3 is 2.32 bits per heavy atom. The maximum atomic E-state index is 12.9. The van der Waals surface area contributed by atoms with Gasteiger partial charge in [0.1, 0.15) is 18.2 Å². The molecule has 1 aliphatic heterocycles. The number of ether oxygens (including phenoxy) is 3. The van der Waals surface area contributed by atoms with E-state index in [-0.39, 0.29) is 17.9 Å². The van der Waals surface area contributed by atoms with Crippen molar-refractivity contribution in [2.45, 2.75) is 25.6 Å². The lowest BCUT2D eigenvalue weighted by atomic mass is 10.0. The number of carbonyl (C=O) groups is 1. The molecule has 1 unspecified atom stereocenters. The fraction of sp³-hybridized carbons (Fsp3) is 0.350. The molecule has 0 spiro atoms. The highest BCUT2D eigenvalue weighted by Gasteiger charge is 2.13. The number of ketones is 1. The average Bonchev–Trinajstić information content (AvgIpc) is 2.67. The smallest absolute Gasteiger partial charge is 0.193 e. The molecule has 5 heteroatoms. The van der Waals surface area contributed by atoms with Crippen LogP contribution in [0.25, 0.3) is 0 Å². The van der Waals surface area contributed by atoms with Gasteiger partial charge in [0.15, 0.2) is 12.1 Å². The van der Waals surface area contributed by atoms with E-state index in [0.29, 0.717) is 30.1 Å². The van der Waals surface area contributed by atoms with Crippen LogP contribution in [0.15, 0.2) is 48.5 Å². The normalized spacial score (nSPS) is 17.2. The first kappa shape index (κ1) is 17.6. The Kier molecular flexibility index (Phi) is 6.14. The van der Waals surface area contributed by atoms with Crippen LogP contribution in [0.1, 0.15) is 35.2 Å². The van der Waals surface area contributed by atoms with Gasteiger partial charge in [0, 0.05) is 17.7 Å². The summed E-state index contributed by atoms with van der Waals surface area (Å²) < 4.78 is 29.6. The second-order valence-electron chi connectivity index (χ2n) is 5.88. The summed E-state index contributed by atoms with van der Waals surface area (Å²) in [7, 11) is 0. The molecule has 0 aliphatic carbocycles. The van der Waals surface area contributed by atoms with Gasteiger partial charge >= 0.3 is 0 Å². The molecule has 0 aromatic heterocycles. The maximum Gasteiger partial charge on any atom is 0.193 e. The lowest BCUT2D eigenvalue weighted by molar-refractivity contribution is -0.165. The Labute approximate surface area is 146 Å². The Morgan fingerprint density at radius 2 is 1.68 bits per heavy atom. The molecule has 0 bridgehead atoms. The van der Waals surface area contributed by atoms with E-state index in [2.05, 4.69) is 0 Å². The Morgan fingerprint density at radius 1 is 1.00 bits per heavy atom. The van der Waals surface area contributed by atoms with E-state index in [0.717, 1.165) is 25.9 Å². The standard InChI is InChI=1S/C20H21FO4/c21-17-8-4-15(5-9-17)20(22)16-6-10-18(11-7-16)23-13-14-25-19-3-1-2-12-24-19/h4-11,19H,1-3,12-14H2. The predicted octanol–water partition coefficient (Wildman–Crippen LogP) is 3.98. The molecule has 1 aliphatic rings. The van der Waals surface area contributed by atoms with E-state index in [4.69, 9.17) is 14.2 Å². The first-order valence-electron chi connectivity index (χ1n) is 8.49. The van der Waals surface area contributed by atoms with Gasteiger partial charge < -0.3 is 14.2 Å². The first-order valence-corrected chi connectivity index (χ1v) is 8.49. The Bertz CT molecular complexity index is 676. The molecule has 1 heterocycles. The molecule has 4 nitrogen and oxygen atoms in total. The number of hydrogen-bond acceptors (Lipinski definition) is 4. The average molecular weight is 344 g/mol. The number of hydrogen-bond donors (Lipinski definition) is 0. The van der Waals surface area contributed by atoms with Crippen LogP contribution >= 0.6 is 0 Å². The topological polar surface area (TPSA) is 44.8 Å². The zero-order valence-electron chi connectivity index (χ0n) is 13.9. The van der Waals surface area contributed by atoms with Crippen molar-refractivity contribution in [1.82, 2.24) is 0 Å². The van der Waals surface area contributed by atoms with Gasteiger partial charge in [-0.15, -0.1) is 0 Å². The third-order valence-corrected chi connectivity index (χ3v) is 4.02. The van der Waals surface area contributed by atoms with E-state index < -0.39 is 0 Å². The van der Waals surface area contributed by atoms with E-state index in [1.807, 2.05) is 0 Å². The molecule has 0 amide bonds. The molecular formula is C20H21FO4. The van der Waals surface area contributed by atoms with Gasteiger partial charge in [0.25, 0.3) is 0 Å². The third-order valence-electron chi connectivity index (χ3n) is 4.02. The van der Waals surface area contributed by atoms with Crippen LogP contribution < -0.4 is 4.74 Å². The first-order chi connectivity index (χ1) is 12.2. The van der Waals surface area contributed by atoms with Crippen molar-refractivity contribution in [2.75, 3.05) is 19.8 Å². The van der Waals surface area contributed by atoms with E-state index in [1.165, 1.54) is 24.3 Å². The molecule has 1 atom stereocenters. The van der Waals surface area contributed by atoms with E-state index in [1.54, 1.807) is 24.3 Å². The van der Waals surface area contributed by atoms with E-state index >= 15 is 0 Å². The van der Waals surface area contributed by atoms with Gasteiger partial charge in [-0.25, -0.2) is 4.39 Å². The molecular weight excluding hydrogens is 323 g/mol. The van der Waals surface area contributed by atoms with Crippen molar-refractivity contribution in [2.24, 2.45) is 0 Å². The molecule has 1 fully saturated rings. The fourth-order valence-corrected chi connectivity index (χ4v) is 2.65. The van der Waals surface area contributed by atoms with Gasteiger partial charge in [-0.3, -0.25) is 4.79 Å². The van der Waals surface area contributed by atoms with Gasteiger partial charge in [0.2, 0.25) is 0 Å². The summed E-state index contributed by atoms with van der Waals surface area (Å²) in [6, 6.07) is 12.4. The molecule has 2 aromatic carbocycles. The summed E-state index contributed by atoms with van der Waals surface area (Å²) in [4.78, 5) is 12.3. The van der Waals surface area contributed by atoms with Crippen molar-refractivity contribution >= 4 is 5.78 Å². The van der Waals surface area contributed by atoms with Crippen LogP contribution in [-0.2, 0) is 9.47 Å². The lowest BCUT2D eigenvalue weighted by Crippen LogP contribution is -2.24. The monoisotopic (exact) mass is 344 g/mol. The summed E-state index contributed by atoms with van der Waals surface area (Å²) in [5.74, 6) is 0.161. The van der Waals surface area contributed by atoms with Gasteiger partial charge in [0.05, 0.1) is 6.61 Å². The third kappa shape index (κ3) is 5.11. The van der Waals surface area contributed by atoms with E-state index in [9.17, 15) is 9.18 Å². The molecule has 132 valence electrons. The molecule has 1 saturated heterocycles. The highest BCUT2D eigenvalue weighted by atomic mass is 19.1. The Hall–Kier alpha value is -2.24. The molecule has 0 radical (unpaired) electrons. The van der Waals surface area contributed by atoms with Crippen molar-refractivity contribution in [3.05, 3.63) is 65.5 Å². The fourth-order valence-electron chi connectivity index (χ4n) is 2.65. The van der Waals surface area contributed by atoms with Crippen molar-refractivity contribution < 1.29 is 23.4 Å². The number of carbonyl (C=O) groups excluding carboxylic acids is 1. The Balaban J connectivity index is 1.46. The number of rotatable bonds is 7. The zero-order chi connectivity index (χ0) is 17.5. The lowest BCUT2D eigenvalue weighted by Gasteiger charge is -2.22. The molecule has 2 aromatic rings. The minimum atomic E-state index is -0.360. The highest BCUT2D eigenvalue weighted by Crippen LogP contribution is 2.17. The summed E-state index contributed by atoms with van der Waals surface area (Å²) in [6.45, 7) is 1.64. The minimum Gasteiger partial charge on any atom is -0.491 e. The largest absolute Gasteiger partial charge is 0.491 e. The highest BCUT2D eigenvalue weighted by molar-refractivity contribution is 6.08. The zero-order valence-corrected chi connectivity index (χ0v) is 13.9. The maximum absolute atomic E-state index is 12.9. The van der Waals surface area contributed by atoms with Crippen molar-refractivity contribution in [1.29, 1.82) is 0 Å². The van der Waals surface area contributed by atoms with Crippen LogP contribution in [-0.4, -0.2) is 31.9 Å². The summed E-state index contributed by atoms with van der Waals surface area (Å²) in [5, 5.41) is 0. The van der Waals surface area contributed by atoms with Crippen LogP contribution in [0, 0.1) is 5.82 Å². The number of benzene rings is 2. The molecule has 3 rings (SSSR count). The predicted molar refractivity (Wildman–Crippen MR) is 91.3 cm³/mol. The van der Waals surface area contributed by atoms with Crippen LogP contribution in [0.4, 0.5) is 4.39 Å². The quantitative estimate of drug-likeness (QED) is 0.563. The van der Waals surface area contributed by atoms with Crippen LogP contribution in [0.2, 0.25) is 0 Å². The summed E-state index contributed by atoms with van der Waals surface area (Å²) >= 11 is 0. The van der Waals surface area contributed by atoms with Crippen LogP contribution in [0.5, 0.6) is 5.75 Å². The second kappa shape index (κ2) is 8.74.